The van der Waals surface area contributed by atoms with Gasteiger partial charge in [0.25, 0.3) is 5.70 Å². The fourth-order valence-electron chi connectivity index (χ4n) is 11.6. The number of nitriles is 1. The zero-order valence-electron chi connectivity index (χ0n) is 34.2. The monoisotopic (exact) mass is 810 g/mol. The Morgan fingerprint density at radius 2 is 1.28 bits per heavy atom. The number of carbonyl (C=O) groups excluding carboxylic acids is 2. The van der Waals surface area contributed by atoms with Crippen LogP contribution in [0.5, 0.6) is 11.5 Å². The van der Waals surface area contributed by atoms with Gasteiger partial charge in [-0.15, -0.1) is 0 Å². The number of ether oxygens (including phenoxy) is 2. The van der Waals surface area contributed by atoms with Gasteiger partial charge in [0.2, 0.25) is 0 Å². The molecular formula is C50H54N2O4S2. The summed E-state index contributed by atoms with van der Waals surface area (Å²) in [6, 6.07) is 17.5. The van der Waals surface area contributed by atoms with Crippen molar-refractivity contribution in [2.75, 3.05) is 0 Å². The molecule has 0 saturated heterocycles. The molecule has 6 aliphatic rings. The Balaban J connectivity index is 1.15. The fraction of sp³-hybridized carbons (Fsp3) is 0.520. The van der Waals surface area contributed by atoms with E-state index in [4.69, 9.17) is 16.0 Å². The highest BCUT2D eigenvalue weighted by atomic mass is 32.2. The topological polar surface area (TPSA) is 80.8 Å². The van der Waals surface area contributed by atoms with E-state index in [1.807, 2.05) is 0 Å². The van der Waals surface area contributed by atoms with Crippen LogP contribution in [0.25, 0.3) is 4.85 Å². The number of hydrogen-bond donors (Lipinski definition) is 0. The maximum absolute atomic E-state index is 14.5. The van der Waals surface area contributed by atoms with Crippen molar-refractivity contribution in [1.29, 1.82) is 5.26 Å². The molecule has 9 rings (SSSR count). The SMILES string of the molecule is [C-]#[N+]/C(C#N)=C1/Sc2c(OC(=O)C3CCC(CCCCC)CC3)c3c(c(OC(=O)C4CCC(CCCCC)CC4)c2S1)[C@@H]1c2ccccc2C12c1ccc(C)cc1C32. The Morgan fingerprint density at radius 1 is 0.759 bits per heavy atom. The third kappa shape index (κ3) is 6.35. The zero-order valence-corrected chi connectivity index (χ0v) is 35.8. The summed E-state index contributed by atoms with van der Waals surface area (Å²) in [4.78, 5) is 34.0. The van der Waals surface area contributed by atoms with E-state index < -0.39 is 0 Å². The molecule has 1 aliphatic heterocycles. The molecule has 1 spiro atoms. The second kappa shape index (κ2) is 16.2. The van der Waals surface area contributed by atoms with Crippen LogP contribution >= 0.6 is 23.5 Å². The number of nitrogens with zero attached hydrogens (tertiary/aromatic N) is 2. The first-order valence-corrected chi connectivity index (χ1v) is 23.7. The van der Waals surface area contributed by atoms with Crippen molar-refractivity contribution in [3.05, 3.63) is 103 Å². The summed E-state index contributed by atoms with van der Waals surface area (Å²) in [6.45, 7) is 14.5. The van der Waals surface area contributed by atoms with Crippen LogP contribution in [0.1, 0.15) is 167 Å². The molecule has 0 radical (unpaired) electrons. The lowest BCUT2D eigenvalue weighted by atomic mass is 9.43. The van der Waals surface area contributed by atoms with Gasteiger partial charge in [0.1, 0.15) is 11.5 Å². The molecule has 5 aliphatic carbocycles. The minimum atomic E-state index is -0.352. The molecule has 3 aromatic carbocycles. The van der Waals surface area contributed by atoms with Gasteiger partial charge in [0.15, 0.2) is 0 Å². The van der Waals surface area contributed by atoms with Crippen molar-refractivity contribution in [2.24, 2.45) is 23.7 Å². The number of thioether (sulfide) groups is 2. The second-order valence-electron chi connectivity index (χ2n) is 17.9. The van der Waals surface area contributed by atoms with Gasteiger partial charge >= 0.3 is 11.9 Å². The summed E-state index contributed by atoms with van der Waals surface area (Å²) in [5, 5.41) is 10.1. The number of hydrogen-bond acceptors (Lipinski definition) is 7. The van der Waals surface area contributed by atoms with Crippen LogP contribution in [0.2, 0.25) is 0 Å². The number of aryl methyl sites for hydroxylation is 1. The Morgan fingerprint density at radius 3 is 1.79 bits per heavy atom. The average Bonchev–Trinajstić information content (AvgIpc) is 3.76. The summed E-state index contributed by atoms with van der Waals surface area (Å²) in [6.07, 6.45) is 17.4. The van der Waals surface area contributed by atoms with Gasteiger partial charge in [-0.25, -0.2) is 10.1 Å². The van der Waals surface area contributed by atoms with Crippen molar-refractivity contribution >= 4 is 35.5 Å². The van der Waals surface area contributed by atoms with Gasteiger partial charge in [0, 0.05) is 28.4 Å². The minimum Gasteiger partial charge on any atom is -0.425 e. The molecule has 2 unspecified atom stereocenters. The van der Waals surface area contributed by atoms with Gasteiger partial charge in [-0.2, -0.15) is 0 Å². The lowest BCUT2D eigenvalue weighted by molar-refractivity contribution is -0.141. The van der Waals surface area contributed by atoms with E-state index in [-0.39, 0.29) is 46.7 Å². The Labute approximate surface area is 352 Å². The third-order valence-electron chi connectivity index (χ3n) is 14.6. The molecular weight excluding hydrogens is 757 g/mol. The number of unbranched alkanes of at least 4 members (excludes halogenated alkanes) is 4. The maximum Gasteiger partial charge on any atom is 0.314 e. The first-order valence-electron chi connectivity index (χ1n) is 22.1. The van der Waals surface area contributed by atoms with Crippen LogP contribution in [-0.4, -0.2) is 11.9 Å². The minimum absolute atomic E-state index is 0.00310. The first kappa shape index (κ1) is 39.5. The molecule has 3 aromatic rings. The van der Waals surface area contributed by atoms with Crippen molar-refractivity contribution in [2.45, 2.75) is 151 Å². The Bertz CT molecular complexity index is 2250. The van der Waals surface area contributed by atoms with Crippen molar-refractivity contribution in [3.63, 3.8) is 0 Å². The Hall–Kier alpha value is -3.98. The second-order valence-corrected chi connectivity index (χ2v) is 20.2. The van der Waals surface area contributed by atoms with E-state index in [1.54, 1.807) is 0 Å². The van der Waals surface area contributed by atoms with E-state index in [0.29, 0.717) is 37.4 Å². The standard InChI is InChI=1S/C50H54N2O4S2/c1-5-7-9-13-30-18-22-32(23-19-30)47(53)55-43-39-40(42-35-27-29(3)17-26-37(35)50(42)36-16-12-11-15-34(36)41(39)50)44(46-45(43)57-49(58-46)38(28-51)52-4)56-48(54)33-24-20-31(21-25-33)14-10-8-6-2/h11-12,15-17,26-27,30-33,41-42H,5-10,13-14,18-25H2,1-3H3/b49-38+/t30?,31?,32?,33?,41-,42?,50?/m0/s1. The van der Waals surface area contributed by atoms with Crippen LogP contribution in [0, 0.1) is 48.5 Å². The van der Waals surface area contributed by atoms with E-state index in [9.17, 15) is 14.9 Å². The van der Waals surface area contributed by atoms with Gasteiger partial charge in [-0.3, -0.25) is 9.59 Å². The van der Waals surface area contributed by atoms with E-state index in [2.05, 4.69) is 74.2 Å². The van der Waals surface area contributed by atoms with Crippen molar-refractivity contribution in [3.8, 4) is 17.6 Å². The fourth-order valence-corrected chi connectivity index (χ4v) is 14.2. The molecule has 1 heterocycles. The summed E-state index contributed by atoms with van der Waals surface area (Å²) in [5.41, 5.74) is 7.72. The van der Waals surface area contributed by atoms with E-state index in [1.165, 1.54) is 103 Å². The number of benzene rings is 3. The smallest absolute Gasteiger partial charge is 0.314 e. The quantitative estimate of drug-likeness (QED) is 0.0592. The predicted molar refractivity (Wildman–Crippen MR) is 230 cm³/mol. The Kier molecular flexibility index (Phi) is 11.0. The van der Waals surface area contributed by atoms with Crippen molar-refractivity contribution < 1.29 is 19.1 Å². The summed E-state index contributed by atoms with van der Waals surface area (Å²) in [5.74, 6) is 1.47. The molecule has 0 bridgehead atoms. The predicted octanol–water partition coefficient (Wildman–Crippen LogP) is 13.3. The first-order chi connectivity index (χ1) is 28.3. The van der Waals surface area contributed by atoms with E-state index >= 15 is 0 Å². The summed E-state index contributed by atoms with van der Waals surface area (Å²) in [7, 11) is 0. The van der Waals surface area contributed by atoms with Crippen LogP contribution in [-0.2, 0) is 15.0 Å². The number of carbonyl (C=O) groups is 2. The average molecular weight is 811 g/mol. The molecule has 0 amide bonds. The van der Waals surface area contributed by atoms with Crippen LogP contribution in [0.4, 0.5) is 0 Å². The molecule has 6 nitrogen and oxygen atoms in total. The van der Waals surface area contributed by atoms with Gasteiger partial charge in [-0.1, -0.05) is 137 Å². The number of allylic oxidation sites excluding steroid dienone is 1. The number of esters is 2. The van der Waals surface area contributed by atoms with Gasteiger partial charge < -0.3 is 9.47 Å². The largest absolute Gasteiger partial charge is 0.425 e. The zero-order chi connectivity index (χ0) is 40.1. The summed E-state index contributed by atoms with van der Waals surface area (Å²) >= 11 is 2.65. The van der Waals surface area contributed by atoms with Crippen LogP contribution < -0.4 is 9.47 Å². The molecule has 8 heteroatoms. The molecule has 0 aromatic heterocycles. The molecule has 2 saturated carbocycles. The number of fused-ring (bicyclic) bond motifs is 8. The molecule has 3 atom stereocenters. The van der Waals surface area contributed by atoms with Crippen molar-refractivity contribution in [1.82, 2.24) is 0 Å². The van der Waals surface area contributed by atoms with Crippen LogP contribution in [0.3, 0.4) is 0 Å². The number of rotatable bonds is 12. The van der Waals surface area contributed by atoms with Gasteiger partial charge in [0.05, 0.1) is 38.5 Å². The van der Waals surface area contributed by atoms with Crippen LogP contribution in [0.15, 0.2) is 62.2 Å². The lowest BCUT2D eigenvalue weighted by Crippen LogP contribution is -2.52. The normalized spacial score (nSPS) is 27.8. The molecule has 58 heavy (non-hydrogen) atoms. The highest BCUT2D eigenvalue weighted by Crippen LogP contribution is 2.81. The highest BCUT2D eigenvalue weighted by molar-refractivity contribution is 8.24. The molecule has 0 N–H and O–H groups in total. The van der Waals surface area contributed by atoms with Gasteiger partial charge in [-0.05, 0) is 92.4 Å². The van der Waals surface area contributed by atoms with E-state index in [0.717, 1.165) is 62.5 Å². The third-order valence-corrected chi connectivity index (χ3v) is 17.1. The lowest BCUT2D eigenvalue weighted by Gasteiger charge is -2.58. The maximum atomic E-state index is 14.5. The summed E-state index contributed by atoms with van der Waals surface area (Å²) < 4.78 is 14.2. The molecule has 300 valence electrons. The molecule has 2 fully saturated rings. The highest BCUT2D eigenvalue weighted by Gasteiger charge is 2.71.